The van der Waals surface area contributed by atoms with E-state index in [0.717, 1.165) is 31.2 Å². The van der Waals surface area contributed by atoms with Crippen molar-refractivity contribution in [2.45, 2.75) is 62.3 Å². The molecule has 1 amide bonds. The predicted octanol–water partition coefficient (Wildman–Crippen LogP) is 1.49. The number of rotatable bonds is 7. The van der Waals surface area contributed by atoms with Crippen LogP contribution in [0.15, 0.2) is 18.2 Å². The van der Waals surface area contributed by atoms with Crippen molar-refractivity contribution in [3.05, 3.63) is 29.3 Å². The van der Waals surface area contributed by atoms with Crippen LogP contribution in [0.1, 0.15) is 54.4 Å². The highest BCUT2D eigenvalue weighted by molar-refractivity contribution is 6.03. The molecular weight excluding hydrogens is 376 g/mol. The number of benzene rings is 1. The molecule has 8 heteroatoms. The Balaban J connectivity index is 1.60. The van der Waals surface area contributed by atoms with Gasteiger partial charge in [-0.05, 0) is 55.9 Å². The fraction of sp³-hybridized carbons (Fsp3) is 0.571. The smallest absolute Gasteiger partial charge is 0.328 e. The lowest BCUT2D eigenvalue weighted by Crippen LogP contribution is -2.47. The molecule has 1 aromatic carbocycles. The Bertz CT molecular complexity index is 844. The molecule has 1 unspecified atom stereocenters. The van der Waals surface area contributed by atoms with Crippen LogP contribution in [0.3, 0.4) is 0 Å². The predicted molar refractivity (Wildman–Crippen MR) is 102 cm³/mol. The van der Waals surface area contributed by atoms with Gasteiger partial charge >= 0.3 is 11.9 Å². The van der Waals surface area contributed by atoms with Crippen LogP contribution >= 0.6 is 0 Å². The van der Waals surface area contributed by atoms with Gasteiger partial charge in [0.2, 0.25) is 0 Å². The third kappa shape index (κ3) is 3.35. The molecule has 0 saturated heterocycles. The lowest BCUT2D eigenvalue weighted by atomic mass is 9.90. The lowest BCUT2D eigenvalue weighted by molar-refractivity contribution is -0.148. The number of hydrogen-bond donors (Lipinski definition) is 1. The average molecular weight is 402 g/mol. The molecule has 0 bridgehead atoms. The van der Waals surface area contributed by atoms with Crippen LogP contribution in [0.2, 0.25) is 0 Å². The van der Waals surface area contributed by atoms with Gasteiger partial charge in [-0.25, -0.2) is 4.79 Å². The topological polar surface area (TPSA) is 108 Å². The Morgan fingerprint density at radius 3 is 2.55 bits per heavy atom. The Morgan fingerprint density at radius 1 is 1.24 bits per heavy atom. The molecule has 1 spiro atoms. The summed E-state index contributed by atoms with van der Waals surface area (Å²) in [5.74, 6) is -0.454. The van der Waals surface area contributed by atoms with E-state index in [1.807, 2.05) is 6.07 Å². The van der Waals surface area contributed by atoms with Gasteiger partial charge in [0, 0.05) is 18.0 Å². The van der Waals surface area contributed by atoms with Crippen molar-refractivity contribution >= 4 is 17.8 Å². The minimum Gasteiger partial charge on any atom is -0.490 e. The van der Waals surface area contributed by atoms with E-state index in [9.17, 15) is 14.4 Å². The van der Waals surface area contributed by atoms with Crippen LogP contribution < -0.4 is 10.5 Å². The highest BCUT2D eigenvalue weighted by Crippen LogP contribution is 2.58. The number of ether oxygens (including phenoxy) is 3. The second-order valence-electron chi connectivity index (χ2n) is 8.04. The Hall–Kier alpha value is -2.61. The van der Waals surface area contributed by atoms with Crippen molar-refractivity contribution in [3.63, 3.8) is 0 Å². The van der Waals surface area contributed by atoms with E-state index < -0.39 is 23.5 Å². The normalized spacial score (nSPS) is 24.5. The third-order valence-corrected chi connectivity index (χ3v) is 6.19. The zero-order valence-electron chi connectivity index (χ0n) is 16.7. The van der Waals surface area contributed by atoms with Gasteiger partial charge in [0.15, 0.2) is 0 Å². The summed E-state index contributed by atoms with van der Waals surface area (Å²) in [6.45, 7) is 0. The molecule has 0 aromatic heterocycles. The molecule has 2 saturated carbocycles. The number of carbonyl (C=O) groups is 3. The second kappa shape index (κ2) is 7.33. The number of nitrogens with two attached hydrogens (primary N) is 1. The number of hydrogen-bond acceptors (Lipinski definition) is 7. The Labute approximate surface area is 169 Å². The SMILES string of the molecule is COC(=O)CCC(C(=O)OC)N1C(=O)c2ccc(OC3CC(N)C3)cc2C12CC2. The second-order valence-corrected chi connectivity index (χ2v) is 8.04. The van der Waals surface area contributed by atoms with Gasteiger partial charge in [-0.2, -0.15) is 0 Å². The van der Waals surface area contributed by atoms with Crippen molar-refractivity contribution in [1.82, 2.24) is 4.90 Å². The molecule has 29 heavy (non-hydrogen) atoms. The Morgan fingerprint density at radius 2 is 1.97 bits per heavy atom. The summed E-state index contributed by atoms with van der Waals surface area (Å²) < 4.78 is 15.6. The number of nitrogens with zero attached hydrogens (tertiary/aromatic N) is 1. The quantitative estimate of drug-likeness (QED) is 0.689. The molecule has 1 aliphatic heterocycles. The lowest BCUT2D eigenvalue weighted by Gasteiger charge is -2.33. The first kappa shape index (κ1) is 19.7. The van der Waals surface area contributed by atoms with Crippen LogP contribution in [0.4, 0.5) is 0 Å². The van der Waals surface area contributed by atoms with E-state index in [4.69, 9.17) is 15.2 Å². The molecule has 2 fully saturated rings. The molecule has 0 radical (unpaired) electrons. The van der Waals surface area contributed by atoms with Crippen LogP contribution in [-0.2, 0) is 24.6 Å². The number of fused-ring (bicyclic) bond motifs is 2. The number of esters is 2. The maximum Gasteiger partial charge on any atom is 0.328 e. The highest BCUT2D eigenvalue weighted by atomic mass is 16.5. The van der Waals surface area contributed by atoms with E-state index in [1.165, 1.54) is 14.2 Å². The first-order valence-electron chi connectivity index (χ1n) is 9.94. The standard InChI is InChI=1S/C21H26N2O6/c1-27-18(24)6-5-17(20(26)28-2)23-19(25)15-4-3-13(29-14-9-12(22)10-14)11-16(15)21(23)7-8-21/h3-4,11-12,14,17H,5-10,22H2,1-2H3. The van der Waals surface area contributed by atoms with Crippen LogP contribution in [0.5, 0.6) is 5.75 Å². The van der Waals surface area contributed by atoms with Crippen LogP contribution in [0.25, 0.3) is 0 Å². The number of amides is 1. The first-order valence-corrected chi connectivity index (χ1v) is 9.94. The monoisotopic (exact) mass is 402 g/mol. The first-order chi connectivity index (χ1) is 13.9. The molecule has 156 valence electrons. The minimum atomic E-state index is -0.838. The molecule has 2 N–H and O–H groups in total. The summed E-state index contributed by atoms with van der Waals surface area (Å²) in [4.78, 5) is 38.9. The van der Waals surface area contributed by atoms with E-state index in [-0.39, 0.29) is 30.9 Å². The van der Waals surface area contributed by atoms with Gasteiger partial charge in [0.25, 0.3) is 5.91 Å². The van der Waals surface area contributed by atoms with Crippen molar-refractivity contribution in [1.29, 1.82) is 0 Å². The molecule has 3 aliphatic rings. The van der Waals surface area contributed by atoms with Crippen molar-refractivity contribution in [2.24, 2.45) is 5.73 Å². The van der Waals surface area contributed by atoms with Crippen molar-refractivity contribution in [2.75, 3.05) is 14.2 Å². The van der Waals surface area contributed by atoms with Gasteiger partial charge in [-0.1, -0.05) is 0 Å². The zero-order chi connectivity index (χ0) is 20.8. The average Bonchev–Trinajstić information content (AvgIpc) is 3.45. The van der Waals surface area contributed by atoms with Gasteiger partial charge < -0.3 is 24.8 Å². The molecular formula is C21H26N2O6. The van der Waals surface area contributed by atoms with E-state index in [2.05, 4.69) is 4.74 Å². The zero-order valence-corrected chi connectivity index (χ0v) is 16.7. The maximum absolute atomic E-state index is 13.2. The van der Waals surface area contributed by atoms with Crippen LogP contribution in [0, 0.1) is 0 Å². The number of carbonyl (C=O) groups excluding carboxylic acids is 3. The van der Waals surface area contributed by atoms with Gasteiger partial charge in [-0.15, -0.1) is 0 Å². The van der Waals surface area contributed by atoms with Gasteiger partial charge in [-0.3, -0.25) is 9.59 Å². The molecule has 1 heterocycles. The largest absolute Gasteiger partial charge is 0.490 e. The fourth-order valence-corrected chi connectivity index (χ4v) is 4.43. The summed E-state index contributed by atoms with van der Waals surface area (Å²) in [7, 11) is 2.58. The molecule has 1 atom stereocenters. The maximum atomic E-state index is 13.2. The summed E-state index contributed by atoms with van der Waals surface area (Å²) in [5.41, 5.74) is 6.76. The summed E-state index contributed by atoms with van der Waals surface area (Å²) >= 11 is 0. The van der Waals surface area contributed by atoms with Crippen molar-refractivity contribution in [3.8, 4) is 5.75 Å². The van der Waals surface area contributed by atoms with Gasteiger partial charge in [0.1, 0.15) is 17.9 Å². The van der Waals surface area contributed by atoms with Crippen molar-refractivity contribution < 1.29 is 28.6 Å². The molecule has 2 aliphatic carbocycles. The molecule has 4 rings (SSSR count). The molecule has 1 aromatic rings. The summed E-state index contributed by atoms with van der Waals surface area (Å²) in [5, 5.41) is 0. The van der Waals surface area contributed by atoms with E-state index >= 15 is 0 Å². The molecule has 8 nitrogen and oxygen atoms in total. The summed E-state index contributed by atoms with van der Waals surface area (Å²) in [6, 6.07) is 4.83. The fourth-order valence-electron chi connectivity index (χ4n) is 4.43. The Kier molecular flexibility index (Phi) is 4.98. The summed E-state index contributed by atoms with van der Waals surface area (Å²) in [6.07, 6.45) is 3.46. The number of methoxy groups -OCH3 is 2. The van der Waals surface area contributed by atoms with Gasteiger partial charge in [0.05, 0.1) is 19.8 Å². The van der Waals surface area contributed by atoms with E-state index in [0.29, 0.717) is 11.3 Å². The van der Waals surface area contributed by atoms with Crippen LogP contribution in [-0.4, -0.2) is 55.2 Å². The minimum absolute atomic E-state index is 0.0305. The van der Waals surface area contributed by atoms with E-state index in [1.54, 1.807) is 17.0 Å². The highest BCUT2D eigenvalue weighted by Gasteiger charge is 2.61. The third-order valence-electron chi connectivity index (χ3n) is 6.19.